The Morgan fingerprint density at radius 1 is 1.28 bits per heavy atom. The Kier molecular flexibility index (Phi) is 5.97. The summed E-state index contributed by atoms with van der Waals surface area (Å²) < 4.78 is 5.70. The predicted molar refractivity (Wildman–Crippen MR) is 78.4 cm³/mol. The van der Waals surface area contributed by atoms with Crippen LogP contribution in [0.3, 0.4) is 0 Å². The van der Waals surface area contributed by atoms with Crippen LogP contribution in [0, 0.1) is 12.3 Å². The number of hydrogen-bond acceptors (Lipinski definition) is 2. The molecule has 2 N–H and O–H groups in total. The molecule has 2 nitrogen and oxygen atoms in total. The van der Waals surface area contributed by atoms with Crippen LogP contribution in [0.15, 0.2) is 18.2 Å². The number of unbranched alkanes of at least 4 members (excludes halogenated alkanes) is 1. The van der Waals surface area contributed by atoms with E-state index in [2.05, 4.69) is 13.8 Å². The molecule has 0 atom stereocenters. The van der Waals surface area contributed by atoms with Crippen LogP contribution in [0.5, 0.6) is 5.75 Å². The van der Waals surface area contributed by atoms with E-state index in [0.29, 0.717) is 0 Å². The third-order valence-electron chi connectivity index (χ3n) is 3.20. The summed E-state index contributed by atoms with van der Waals surface area (Å²) in [5, 5.41) is 0.784. The van der Waals surface area contributed by atoms with E-state index in [1.54, 1.807) is 0 Å². The van der Waals surface area contributed by atoms with Gasteiger partial charge >= 0.3 is 0 Å². The molecule has 1 rings (SSSR count). The zero-order chi connectivity index (χ0) is 13.6. The summed E-state index contributed by atoms with van der Waals surface area (Å²) in [7, 11) is 0. The highest BCUT2D eigenvalue weighted by atomic mass is 35.5. The molecule has 0 unspecified atom stereocenters. The Bertz CT molecular complexity index is 377. The average Bonchev–Trinajstić information content (AvgIpc) is 2.33. The molecule has 0 saturated carbocycles. The summed E-state index contributed by atoms with van der Waals surface area (Å²) in [5.41, 5.74) is 7.00. The standard InChI is InChI=1S/C15H24ClNO/c1-12-10-13(6-7-14(12)16)18-9-5-4-8-15(2,3)11-17/h6-7,10H,4-5,8-9,11,17H2,1-3H3. The molecule has 0 bridgehead atoms. The molecular formula is C15H24ClNO. The molecule has 0 fully saturated rings. The molecule has 0 aliphatic carbocycles. The number of ether oxygens (including phenoxy) is 1. The van der Waals surface area contributed by atoms with E-state index in [4.69, 9.17) is 22.1 Å². The summed E-state index contributed by atoms with van der Waals surface area (Å²) in [6.45, 7) is 7.89. The smallest absolute Gasteiger partial charge is 0.119 e. The van der Waals surface area contributed by atoms with Crippen molar-refractivity contribution in [2.75, 3.05) is 13.2 Å². The van der Waals surface area contributed by atoms with Crippen LogP contribution in [-0.4, -0.2) is 13.2 Å². The highest BCUT2D eigenvalue weighted by Gasteiger charge is 2.14. The van der Waals surface area contributed by atoms with Crippen LogP contribution in [0.2, 0.25) is 5.02 Å². The maximum Gasteiger partial charge on any atom is 0.119 e. The Hall–Kier alpha value is -0.730. The van der Waals surface area contributed by atoms with Crippen molar-refractivity contribution in [2.24, 2.45) is 11.1 Å². The topological polar surface area (TPSA) is 35.2 Å². The zero-order valence-corrected chi connectivity index (χ0v) is 12.4. The second kappa shape index (κ2) is 7.01. The molecule has 0 aliphatic rings. The van der Waals surface area contributed by atoms with Crippen LogP contribution < -0.4 is 10.5 Å². The first-order valence-electron chi connectivity index (χ1n) is 6.54. The number of nitrogens with two attached hydrogens (primary N) is 1. The number of rotatable bonds is 7. The minimum Gasteiger partial charge on any atom is -0.494 e. The van der Waals surface area contributed by atoms with Crippen molar-refractivity contribution in [3.05, 3.63) is 28.8 Å². The zero-order valence-electron chi connectivity index (χ0n) is 11.6. The molecule has 0 spiro atoms. The van der Waals surface area contributed by atoms with Crippen molar-refractivity contribution in [3.63, 3.8) is 0 Å². The van der Waals surface area contributed by atoms with E-state index in [0.717, 1.165) is 48.7 Å². The summed E-state index contributed by atoms with van der Waals surface area (Å²) in [6.07, 6.45) is 3.36. The van der Waals surface area contributed by atoms with Crippen molar-refractivity contribution in [2.45, 2.75) is 40.0 Å². The first kappa shape index (κ1) is 15.3. The highest BCUT2D eigenvalue weighted by Crippen LogP contribution is 2.23. The van der Waals surface area contributed by atoms with Gasteiger partial charge in [0.2, 0.25) is 0 Å². The van der Waals surface area contributed by atoms with E-state index in [9.17, 15) is 0 Å². The quantitative estimate of drug-likeness (QED) is 0.754. The van der Waals surface area contributed by atoms with Gasteiger partial charge in [-0.25, -0.2) is 0 Å². The number of hydrogen-bond donors (Lipinski definition) is 1. The summed E-state index contributed by atoms with van der Waals surface area (Å²) >= 11 is 5.96. The van der Waals surface area contributed by atoms with E-state index >= 15 is 0 Å². The molecule has 18 heavy (non-hydrogen) atoms. The second-order valence-electron chi connectivity index (χ2n) is 5.58. The van der Waals surface area contributed by atoms with Gasteiger partial charge in [0, 0.05) is 5.02 Å². The molecule has 1 aromatic rings. The molecule has 0 radical (unpaired) electrons. The van der Waals surface area contributed by atoms with Gasteiger partial charge in [0.25, 0.3) is 0 Å². The largest absolute Gasteiger partial charge is 0.494 e. The molecule has 102 valence electrons. The van der Waals surface area contributed by atoms with Crippen molar-refractivity contribution < 1.29 is 4.74 Å². The van der Waals surface area contributed by atoms with Crippen LogP contribution in [0.1, 0.15) is 38.7 Å². The van der Waals surface area contributed by atoms with Crippen molar-refractivity contribution in [1.82, 2.24) is 0 Å². The Balaban J connectivity index is 2.24. The molecular weight excluding hydrogens is 246 g/mol. The third kappa shape index (κ3) is 5.28. The van der Waals surface area contributed by atoms with E-state index < -0.39 is 0 Å². The average molecular weight is 270 g/mol. The Labute approximate surface area is 115 Å². The lowest BCUT2D eigenvalue weighted by Crippen LogP contribution is -2.23. The molecule has 3 heteroatoms. The summed E-state index contributed by atoms with van der Waals surface area (Å²) in [5.74, 6) is 0.898. The number of aryl methyl sites for hydroxylation is 1. The lowest BCUT2D eigenvalue weighted by molar-refractivity contribution is 0.278. The van der Waals surface area contributed by atoms with Crippen LogP contribution >= 0.6 is 11.6 Å². The monoisotopic (exact) mass is 269 g/mol. The molecule has 0 saturated heterocycles. The normalized spacial score (nSPS) is 11.6. The third-order valence-corrected chi connectivity index (χ3v) is 3.62. The lowest BCUT2D eigenvalue weighted by Gasteiger charge is -2.21. The Morgan fingerprint density at radius 2 is 2.00 bits per heavy atom. The van der Waals surface area contributed by atoms with Crippen molar-refractivity contribution in [3.8, 4) is 5.75 Å². The minimum absolute atomic E-state index is 0.247. The van der Waals surface area contributed by atoms with Crippen molar-refractivity contribution in [1.29, 1.82) is 0 Å². The fourth-order valence-electron chi connectivity index (χ4n) is 1.70. The fourth-order valence-corrected chi connectivity index (χ4v) is 1.82. The van der Waals surface area contributed by atoms with Crippen LogP contribution in [0.4, 0.5) is 0 Å². The maximum absolute atomic E-state index is 5.96. The van der Waals surface area contributed by atoms with Gasteiger partial charge < -0.3 is 10.5 Å². The van der Waals surface area contributed by atoms with Gasteiger partial charge in [0.15, 0.2) is 0 Å². The first-order chi connectivity index (χ1) is 8.44. The van der Waals surface area contributed by atoms with Gasteiger partial charge in [-0.2, -0.15) is 0 Å². The fraction of sp³-hybridized carbons (Fsp3) is 0.600. The van der Waals surface area contributed by atoms with Gasteiger partial charge in [-0.1, -0.05) is 25.4 Å². The molecule has 0 aromatic heterocycles. The maximum atomic E-state index is 5.96. The first-order valence-corrected chi connectivity index (χ1v) is 6.91. The number of halogens is 1. The van der Waals surface area contributed by atoms with Crippen molar-refractivity contribution >= 4 is 11.6 Å². The predicted octanol–water partition coefficient (Wildman–Crippen LogP) is 4.18. The molecule has 0 aliphatic heterocycles. The van der Waals surface area contributed by atoms with Gasteiger partial charge in [-0.3, -0.25) is 0 Å². The van der Waals surface area contributed by atoms with Crippen LogP contribution in [-0.2, 0) is 0 Å². The Morgan fingerprint density at radius 3 is 2.61 bits per heavy atom. The molecule has 1 aromatic carbocycles. The van der Waals surface area contributed by atoms with E-state index in [-0.39, 0.29) is 5.41 Å². The molecule has 0 heterocycles. The van der Waals surface area contributed by atoms with Gasteiger partial charge in [0.05, 0.1) is 6.61 Å². The number of benzene rings is 1. The lowest BCUT2D eigenvalue weighted by atomic mass is 9.87. The highest BCUT2D eigenvalue weighted by molar-refractivity contribution is 6.31. The SMILES string of the molecule is Cc1cc(OCCCCC(C)(C)CN)ccc1Cl. The minimum atomic E-state index is 0.247. The van der Waals surface area contributed by atoms with E-state index in [1.807, 2.05) is 25.1 Å². The summed E-state index contributed by atoms with van der Waals surface area (Å²) in [6, 6.07) is 5.77. The molecule has 0 amide bonds. The second-order valence-corrected chi connectivity index (χ2v) is 5.99. The van der Waals surface area contributed by atoms with E-state index in [1.165, 1.54) is 0 Å². The van der Waals surface area contributed by atoms with Gasteiger partial charge in [-0.15, -0.1) is 0 Å². The summed E-state index contributed by atoms with van der Waals surface area (Å²) in [4.78, 5) is 0. The van der Waals surface area contributed by atoms with Gasteiger partial charge in [-0.05, 0) is 61.9 Å². The van der Waals surface area contributed by atoms with Crippen LogP contribution in [0.25, 0.3) is 0 Å². The van der Waals surface area contributed by atoms with Gasteiger partial charge in [0.1, 0.15) is 5.75 Å².